The van der Waals surface area contributed by atoms with E-state index in [0.29, 0.717) is 24.3 Å². The highest BCUT2D eigenvalue weighted by atomic mass is 35.5. The van der Waals surface area contributed by atoms with Gasteiger partial charge in [-0.05, 0) is 43.0 Å². The van der Waals surface area contributed by atoms with Gasteiger partial charge >= 0.3 is 12.2 Å². The minimum absolute atomic E-state index is 0.0452. The van der Waals surface area contributed by atoms with Crippen molar-refractivity contribution >= 4 is 34.1 Å². The number of benzene rings is 1. The second-order valence-corrected chi connectivity index (χ2v) is 9.41. The molecule has 0 radical (unpaired) electrons. The molecule has 5 rings (SSSR count). The topological polar surface area (TPSA) is 89.2 Å². The maximum atomic E-state index is 16.1. The van der Waals surface area contributed by atoms with E-state index >= 15 is 4.39 Å². The summed E-state index contributed by atoms with van der Waals surface area (Å²) in [6.07, 6.45) is -3.79. The largest absolute Gasteiger partial charge is 0.467 e. The van der Waals surface area contributed by atoms with Crippen LogP contribution in [0.2, 0.25) is 5.02 Å². The molecule has 0 saturated carbocycles. The number of nitrogen functional groups attached to an aromatic ring is 1. The Bertz CT molecular complexity index is 1310. The fourth-order valence-corrected chi connectivity index (χ4v) is 5.32. The van der Waals surface area contributed by atoms with Crippen molar-refractivity contribution < 1.29 is 22.3 Å². The molecule has 1 aromatic carbocycles. The molecule has 0 aliphatic carbocycles. The number of aryl methyl sites for hydroxylation is 1. The standard InChI is InChI=1S/C23H23ClF4N6O/c1-10-5-16(29)31-19(14(10)7-23(26,27)28)17-15(24)6-13-20(18(17)25)32-22(35-2)33-21(13)34-8-11-3-4-12(9-34)30-11/h5-6,11-12,30H,3-4,7-9H2,1-2H3,(H2,29,31). The maximum absolute atomic E-state index is 16.1. The summed E-state index contributed by atoms with van der Waals surface area (Å²) in [5, 5.41) is 3.76. The summed E-state index contributed by atoms with van der Waals surface area (Å²) in [6.45, 7) is 2.80. The molecule has 4 heterocycles. The van der Waals surface area contributed by atoms with Crippen LogP contribution in [0.15, 0.2) is 12.1 Å². The number of pyridine rings is 1. The lowest BCUT2D eigenvalue weighted by Gasteiger charge is -2.34. The van der Waals surface area contributed by atoms with Gasteiger partial charge in [0.25, 0.3) is 0 Å². The zero-order valence-electron chi connectivity index (χ0n) is 19.0. The molecule has 2 aliphatic rings. The first-order valence-corrected chi connectivity index (χ1v) is 11.5. The molecular weight excluding hydrogens is 488 g/mol. The second-order valence-electron chi connectivity index (χ2n) is 9.00. The highest BCUT2D eigenvalue weighted by molar-refractivity contribution is 6.34. The number of ether oxygens (including phenoxy) is 1. The van der Waals surface area contributed by atoms with Crippen molar-refractivity contribution in [1.29, 1.82) is 0 Å². The van der Waals surface area contributed by atoms with E-state index in [0.717, 1.165) is 12.8 Å². The Morgan fingerprint density at radius 2 is 1.86 bits per heavy atom. The number of piperazine rings is 1. The number of nitrogens with one attached hydrogen (secondary N) is 1. The Morgan fingerprint density at radius 1 is 1.17 bits per heavy atom. The van der Waals surface area contributed by atoms with Gasteiger partial charge in [-0.3, -0.25) is 0 Å². The predicted molar refractivity (Wildman–Crippen MR) is 125 cm³/mol. The molecule has 3 N–H and O–H groups in total. The maximum Gasteiger partial charge on any atom is 0.393 e. The Balaban J connectivity index is 1.73. The van der Waals surface area contributed by atoms with Crippen molar-refractivity contribution in [3.8, 4) is 17.3 Å². The first kappa shape index (κ1) is 23.8. The van der Waals surface area contributed by atoms with Crippen molar-refractivity contribution in [1.82, 2.24) is 20.3 Å². The van der Waals surface area contributed by atoms with Gasteiger partial charge in [-0.25, -0.2) is 9.37 Å². The van der Waals surface area contributed by atoms with E-state index in [9.17, 15) is 13.2 Å². The van der Waals surface area contributed by atoms with Crippen LogP contribution in [0.4, 0.5) is 29.2 Å². The monoisotopic (exact) mass is 510 g/mol. The van der Waals surface area contributed by atoms with Crippen molar-refractivity contribution in [2.24, 2.45) is 0 Å². The minimum atomic E-state index is -4.54. The van der Waals surface area contributed by atoms with Gasteiger partial charge in [0.05, 0.1) is 29.8 Å². The van der Waals surface area contributed by atoms with Gasteiger partial charge in [0, 0.05) is 30.6 Å². The van der Waals surface area contributed by atoms with Crippen LogP contribution >= 0.6 is 11.6 Å². The van der Waals surface area contributed by atoms with Crippen LogP contribution in [-0.4, -0.2) is 53.4 Å². The molecule has 0 amide bonds. The zero-order valence-corrected chi connectivity index (χ0v) is 19.8. The number of nitrogens with zero attached hydrogens (tertiary/aromatic N) is 4. The summed E-state index contributed by atoms with van der Waals surface area (Å²) in [7, 11) is 1.37. The van der Waals surface area contributed by atoms with E-state index < -0.39 is 18.4 Å². The third-order valence-electron chi connectivity index (χ3n) is 6.52. The molecule has 35 heavy (non-hydrogen) atoms. The first-order chi connectivity index (χ1) is 16.5. The molecule has 12 heteroatoms. The lowest BCUT2D eigenvalue weighted by atomic mass is 9.97. The fraction of sp³-hybridized carbons (Fsp3) is 0.435. The molecule has 2 atom stereocenters. The fourth-order valence-electron chi connectivity index (χ4n) is 5.03. The van der Waals surface area contributed by atoms with Gasteiger partial charge in [-0.15, -0.1) is 0 Å². The van der Waals surface area contributed by atoms with E-state index in [1.165, 1.54) is 26.2 Å². The number of aromatic nitrogens is 3. The van der Waals surface area contributed by atoms with Crippen LogP contribution in [0.1, 0.15) is 24.0 Å². The van der Waals surface area contributed by atoms with Gasteiger partial charge in [-0.2, -0.15) is 23.1 Å². The molecule has 2 fully saturated rings. The summed E-state index contributed by atoms with van der Waals surface area (Å²) >= 11 is 6.53. The van der Waals surface area contributed by atoms with Gasteiger partial charge in [0.1, 0.15) is 17.2 Å². The zero-order chi connectivity index (χ0) is 25.1. The summed E-state index contributed by atoms with van der Waals surface area (Å²) in [4.78, 5) is 14.8. The van der Waals surface area contributed by atoms with Crippen molar-refractivity contribution in [2.75, 3.05) is 30.8 Å². The number of fused-ring (bicyclic) bond motifs is 3. The number of alkyl halides is 3. The second kappa shape index (κ2) is 8.63. The number of hydrogen-bond acceptors (Lipinski definition) is 7. The van der Waals surface area contributed by atoms with E-state index in [-0.39, 0.29) is 56.8 Å². The third-order valence-corrected chi connectivity index (χ3v) is 6.82. The van der Waals surface area contributed by atoms with E-state index in [2.05, 4.69) is 20.3 Å². The lowest BCUT2D eigenvalue weighted by molar-refractivity contribution is -0.127. The molecule has 186 valence electrons. The Kier molecular flexibility index (Phi) is 5.87. The van der Waals surface area contributed by atoms with Gasteiger partial charge in [0.15, 0.2) is 5.82 Å². The van der Waals surface area contributed by atoms with Crippen LogP contribution in [-0.2, 0) is 6.42 Å². The Hall–Kier alpha value is -2.92. The molecule has 2 unspecified atom stereocenters. The highest BCUT2D eigenvalue weighted by Gasteiger charge is 2.35. The van der Waals surface area contributed by atoms with Crippen molar-refractivity contribution in [3.05, 3.63) is 34.1 Å². The summed E-state index contributed by atoms with van der Waals surface area (Å²) in [5.41, 5.74) is 5.19. The average molecular weight is 511 g/mol. The van der Waals surface area contributed by atoms with Crippen LogP contribution in [0.5, 0.6) is 6.01 Å². The normalized spacial score (nSPS) is 20.0. The number of anilines is 2. The van der Waals surface area contributed by atoms with E-state index in [1.807, 2.05) is 4.90 Å². The van der Waals surface area contributed by atoms with Crippen LogP contribution in [0, 0.1) is 12.7 Å². The van der Waals surface area contributed by atoms with Crippen molar-refractivity contribution in [3.63, 3.8) is 0 Å². The SMILES string of the molecule is COc1nc(N2CC3CCC(C2)N3)c2cc(Cl)c(-c3nc(N)cc(C)c3CC(F)(F)F)c(F)c2n1. The number of methoxy groups -OCH3 is 1. The van der Waals surface area contributed by atoms with Crippen LogP contribution < -0.4 is 20.7 Å². The van der Waals surface area contributed by atoms with Crippen molar-refractivity contribution in [2.45, 2.75) is 44.4 Å². The molecule has 0 spiro atoms. The van der Waals surface area contributed by atoms with Gasteiger partial charge < -0.3 is 20.7 Å². The molecule has 7 nitrogen and oxygen atoms in total. The third kappa shape index (κ3) is 4.42. The molecular formula is C23H23ClF4N6O. The van der Waals surface area contributed by atoms with Gasteiger partial charge in [-0.1, -0.05) is 11.6 Å². The number of hydrogen-bond donors (Lipinski definition) is 2. The number of rotatable bonds is 4. The summed E-state index contributed by atoms with van der Waals surface area (Å²) in [6, 6.07) is 3.31. The summed E-state index contributed by atoms with van der Waals surface area (Å²) in [5.74, 6) is -0.491. The Labute approximate surface area is 203 Å². The highest BCUT2D eigenvalue weighted by Crippen LogP contribution is 2.41. The quantitative estimate of drug-likeness (QED) is 0.502. The minimum Gasteiger partial charge on any atom is -0.467 e. The van der Waals surface area contributed by atoms with E-state index in [1.54, 1.807) is 0 Å². The number of halogens is 5. The Morgan fingerprint density at radius 3 is 2.49 bits per heavy atom. The summed E-state index contributed by atoms with van der Waals surface area (Å²) < 4.78 is 61.4. The molecule has 2 saturated heterocycles. The average Bonchev–Trinajstić information content (AvgIpc) is 3.12. The first-order valence-electron chi connectivity index (χ1n) is 11.1. The smallest absolute Gasteiger partial charge is 0.393 e. The molecule has 2 bridgehead atoms. The van der Waals surface area contributed by atoms with Crippen LogP contribution in [0.25, 0.3) is 22.2 Å². The molecule has 3 aromatic rings. The lowest BCUT2D eigenvalue weighted by Crippen LogP contribution is -2.51. The molecule has 2 aromatic heterocycles. The van der Waals surface area contributed by atoms with Gasteiger partial charge in [0.2, 0.25) is 0 Å². The van der Waals surface area contributed by atoms with E-state index in [4.69, 9.17) is 22.1 Å². The van der Waals surface area contributed by atoms with Crippen LogP contribution in [0.3, 0.4) is 0 Å². The number of nitrogens with two attached hydrogens (primary N) is 1. The predicted octanol–water partition coefficient (Wildman–Crippen LogP) is 4.43. The molecule has 2 aliphatic heterocycles.